The molecule has 0 radical (unpaired) electrons. The Morgan fingerprint density at radius 2 is 2.24 bits per heavy atom. The Hall–Kier alpha value is -1.20. The normalized spacial score (nSPS) is 23.9. The summed E-state index contributed by atoms with van der Waals surface area (Å²) in [7, 11) is 0. The minimum Gasteiger partial charge on any atom is -0.388 e. The minimum atomic E-state index is -0.466. The lowest BCUT2D eigenvalue weighted by atomic mass is 10.2. The average molecular weight is 237 g/mol. The minimum absolute atomic E-state index is 0.0818. The Labute approximate surface area is 101 Å². The van der Waals surface area contributed by atoms with Crippen molar-refractivity contribution in [1.82, 2.24) is 9.97 Å². The van der Waals surface area contributed by atoms with E-state index in [1.807, 2.05) is 20.0 Å². The summed E-state index contributed by atoms with van der Waals surface area (Å²) in [5.41, 5.74) is 1.89. The molecule has 1 saturated heterocycles. The van der Waals surface area contributed by atoms with Crippen LogP contribution in [0.2, 0.25) is 0 Å². The summed E-state index contributed by atoms with van der Waals surface area (Å²) < 4.78 is 5.21. The zero-order valence-corrected chi connectivity index (χ0v) is 10.3. The van der Waals surface area contributed by atoms with Gasteiger partial charge in [0, 0.05) is 6.20 Å². The standard InChI is InChI=1S/C12H19N3O2/c1-3-8-5-13-9(4-2)12(14-8)15-10-6-17-7-11(10)16/h5,10-11,16H,3-4,6-7H2,1-2H3,(H,14,15)/t10-,11-/m1/s1. The highest BCUT2D eigenvalue weighted by Crippen LogP contribution is 2.16. The lowest BCUT2D eigenvalue weighted by Crippen LogP contribution is -2.32. The van der Waals surface area contributed by atoms with Crippen molar-refractivity contribution in [2.45, 2.75) is 38.8 Å². The van der Waals surface area contributed by atoms with E-state index in [0.29, 0.717) is 13.2 Å². The zero-order valence-electron chi connectivity index (χ0n) is 10.3. The smallest absolute Gasteiger partial charge is 0.148 e. The molecule has 0 spiro atoms. The summed E-state index contributed by atoms with van der Waals surface area (Å²) in [5.74, 6) is 0.779. The van der Waals surface area contributed by atoms with Gasteiger partial charge in [0.15, 0.2) is 0 Å². The van der Waals surface area contributed by atoms with Crippen LogP contribution in [0.3, 0.4) is 0 Å². The van der Waals surface area contributed by atoms with E-state index in [9.17, 15) is 5.11 Å². The third-order valence-corrected chi connectivity index (χ3v) is 2.97. The fourth-order valence-corrected chi connectivity index (χ4v) is 1.85. The second-order valence-electron chi connectivity index (χ2n) is 4.22. The molecule has 0 saturated carbocycles. The Morgan fingerprint density at radius 3 is 2.82 bits per heavy atom. The summed E-state index contributed by atoms with van der Waals surface area (Å²) in [4.78, 5) is 8.91. The van der Waals surface area contributed by atoms with E-state index in [2.05, 4.69) is 15.3 Å². The first-order valence-electron chi connectivity index (χ1n) is 6.11. The lowest BCUT2D eigenvalue weighted by Gasteiger charge is -2.17. The first-order chi connectivity index (χ1) is 8.24. The van der Waals surface area contributed by atoms with E-state index in [0.717, 1.165) is 30.0 Å². The summed E-state index contributed by atoms with van der Waals surface area (Å²) >= 11 is 0. The van der Waals surface area contributed by atoms with Crippen molar-refractivity contribution in [2.24, 2.45) is 0 Å². The van der Waals surface area contributed by atoms with Gasteiger partial charge in [-0.1, -0.05) is 13.8 Å². The highest BCUT2D eigenvalue weighted by molar-refractivity contribution is 5.42. The molecule has 0 bridgehead atoms. The molecular formula is C12H19N3O2. The Bertz CT molecular complexity index is 384. The van der Waals surface area contributed by atoms with E-state index >= 15 is 0 Å². The third kappa shape index (κ3) is 2.73. The number of ether oxygens (including phenoxy) is 1. The van der Waals surface area contributed by atoms with Gasteiger partial charge in [0.2, 0.25) is 0 Å². The third-order valence-electron chi connectivity index (χ3n) is 2.97. The predicted molar refractivity (Wildman–Crippen MR) is 65.0 cm³/mol. The Balaban J connectivity index is 2.17. The van der Waals surface area contributed by atoms with Gasteiger partial charge in [0.05, 0.1) is 36.7 Å². The van der Waals surface area contributed by atoms with Crippen LogP contribution in [-0.2, 0) is 17.6 Å². The summed E-state index contributed by atoms with van der Waals surface area (Å²) in [6, 6.07) is -0.0818. The van der Waals surface area contributed by atoms with Crippen LogP contribution in [0.15, 0.2) is 6.20 Å². The molecule has 17 heavy (non-hydrogen) atoms. The molecule has 0 aromatic carbocycles. The number of hydrogen-bond donors (Lipinski definition) is 2. The van der Waals surface area contributed by atoms with E-state index in [4.69, 9.17) is 4.74 Å². The zero-order chi connectivity index (χ0) is 12.3. The predicted octanol–water partition coefficient (Wildman–Crippen LogP) is 0.773. The van der Waals surface area contributed by atoms with Crippen LogP contribution in [-0.4, -0.2) is 40.4 Å². The van der Waals surface area contributed by atoms with Crippen molar-refractivity contribution < 1.29 is 9.84 Å². The number of hydrogen-bond acceptors (Lipinski definition) is 5. The van der Waals surface area contributed by atoms with Gasteiger partial charge in [-0.25, -0.2) is 4.98 Å². The molecule has 1 aromatic rings. The van der Waals surface area contributed by atoms with Crippen LogP contribution in [0, 0.1) is 0 Å². The second kappa shape index (κ2) is 5.42. The van der Waals surface area contributed by atoms with Crippen LogP contribution >= 0.6 is 0 Å². The van der Waals surface area contributed by atoms with Gasteiger partial charge in [0.1, 0.15) is 5.82 Å². The van der Waals surface area contributed by atoms with Crippen molar-refractivity contribution in [3.05, 3.63) is 17.6 Å². The molecule has 2 N–H and O–H groups in total. The SMILES string of the molecule is CCc1cnc(CC)c(N[C@@H]2COC[C@H]2O)n1. The maximum atomic E-state index is 9.70. The molecule has 1 aliphatic rings. The quantitative estimate of drug-likeness (QED) is 0.809. The van der Waals surface area contributed by atoms with Gasteiger partial charge in [-0.2, -0.15) is 0 Å². The van der Waals surface area contributed by atoms with Crippen molar-refractivity contribution >= 4 is 5.82 Å². The van der Waals surface area contributed by atoms with Crippen molar-refractivity contribution in [3.63, 3.8) is 0 Å². The Kier molecular flexibility index (Phi) is 3.91. The maximum absolute atomic E-state index is 9.70. The van der Waals surface area contributed by atoms with Gasteiger partial charge >= 0.3 is 0 Å². The molecule has 1 aliphatic heterocycles. The molecule has 2 atom stereocenters. The molecule has 2 rings (SSSR count). The molecule has 0 unspecified atom stereocenters. The second-order valence-corrected chi connectivity index (χ2v) is 4.22. The van der Waals surface area contributed by atoms with E-state index < -0.39 is 6.10 Å². The number of anilines is 1. The molecular weight excluding hydrogens is 218 g/mol. The molecule has 2 heterocycles. The maximum Gasteiger partial charge on any atom is 0.148 e. The van der Waals surface area contributed by atoms with Crippen LogP contribution in [0.1, 0.15) is 25.2 Å². The Morgan fingerprint density at radius 1 is 1.41 bits per heavy atom. The molecule has 1 aromatic heterocycles. The van der Waals surface area contributed by atoms with Crippen LogP contribution in [0.25, 0.3) is 0 Å². The molecule has 5 nitrogen and oxygen atoms in total. The summed E-state index contributed by atoms with van der Waals surface area (Å²) in [6.07, 6.45) is 3.02. The fraction of sp³-hybridized carbons (Fsp3) is 0.667. The topological polar surface area (TPSA) is 67.3 Å². The van der Waals surface area contributed by atoms with E-state index in [1.165, 1.54) is 0 Å². The van der Waals surface area contributed by atoms with Gasteiger partial charge < -0.3 is 15.2 Å². The van der Waals surface area contributed by atoms with E-state index in [1.54, 1.807) is 0 Å². The largest absolute Gasteiger partial charge is 0.388 e. The van der Waals surface area contributed by atoms with Crippen molar-refractivity contribution in [3.8, 4) is 0 Å². The van der Waals surface area contributed by atoms with Crippen LogP contribution in [0.5, 0.6) is 0 Å². The molecule has 1 fully saturated rings. The first-order valence-corrected chi connectivity index (χ1v) is 6.11. The lowest BCUT2D eigenvalue weighted by molar-refractivity contribution is 0.125. The van der Waals surface area contributed by atoms with Gasteiger partial charge in [-0.3, -0.25) is 4.98 Å². The monoisotopic (exact) mass is 237 g/mol. The van der Waals surface area contributed by atoms with E-state index in [-0.39, 0.29) is 6.04 Å². The number of aliphatic hydroxyl groups excluding tert-OH is 1. The molecule has 94 valence electrons. The van der Waals surface area contributed by atoms with Gasteiger partial charge in [0.25, 0.3) is 0 Å². The summed E-state index contributed by atoms with van der Waals surface area (Å²) in [6.45, 7) is 5.00. The van der Waals surface area contributed by atoms with Gasteiger partial charge in [-0.15, -0.1) is 0 Å². The number of nitrogens with zero attached hydrogens (tertiary/aromatic N) is 2. The number of rotatable bonds is 4. The molecule has 5 heteroatoms. The summed E-state index contributed by atoms with van der Waals surface area (Å²) in [5, 5.41) is 12.9. The van der Waals surface area contributed by atoms with Crippen LogP contribution in [0.4, 0.5) is 5.82 Å². The van der Waals surface area contributed by atoms with Crippen molar-refractivity contribution in [2.75, 3.05) is 18.5 Å². The number of nitrogens with one attached hydrogen (secondary N) is 1. The molecule has 0 aliphatic carbocycles. The number of aryl methyl sites for hydroxylation is 2. The fourth-order valence-electron chi connectivity index (χ4n) is 1.85. The van der Waals surface area contributed by atoms with Crippen LogP contribution < -0.4 is 5.32 Å². The first kappa shape index (κ1) is 12.3. The van der Waals surface area contributed by atoms with Gasteiger partial charge in [-0.05, 0) is 12.8 Å². The highest BCUT2D eigenvalue weighted by atomic mass is 16.5. The number of aromatic nitrogens is 2. The number of aliphatic hydroxyl groups is 1. The van der Waals surface area contributed by atoms with Crippen molar-refractivity contribution in [1.29, 1.82) is 0 Å². The molecule has 0 amide bonds. The average Bonchev–Trinajstić information content (AvgIpc) is 2.75. The highest BCUT2D eigenvalue weighted by Gasteiger charge is 2.27.